The molecular weight excluding hydrogens is 340 g/mol. The predicted molar refractivity (Wildman–Crippen MR) is 108 cm³/mol. The first-order valence-corrected chi connectivity index (χ1v) is 9.01. The van der Waals surface area contributed by atoms with Gasteiger partial charge in [-0.2, -0.15) is 0 Å². The largest absolute Gasteiger partial charge is 0.487 e. The van der Waals surface area contributed by atoms with Gasteiger partial charge in [0, 0.05) is 0 Å². The summed E-state index contributed by atoms with van der Waals surface area (Å²) in [6.07, 6.45) is 0. The van der Waals surface area contributed by atoms with Crippen LogP contribution in [0.1, 0.15) is 74.4 Å². The third-order valence-electron chi connectivity index (χ3n) is 4.45. The fraction of sp³-hybridized carbons (Fsp3) is 0.476. The zero-order chi connectivity index (χ0) is 20.6. The Balaban J connectivity index is 2.43. The van der Waals surface area contributed by atoms with Crippen LogP contribution in [0.3, 0.4) is 0 Å². The third-order valence-corrected chi connectivity index (χ3v) is 4.45. The first kappa shape index (κ1) is 20.7. The number of nitrogens with two attached hydrogens (primary N) is 2. The Kier molecular flexibility index (Phi) is 5.50. The van der Waals surface area contributed by atoms with E-state index in [1.54, 1.807) is 6.92 Å². The van der Waals surface area contributed by atoms with Crippen LogP contribution in [-0.4, -0.2) is 15.9 Å². The summed E-state index contributed by atoms with van der Waals surface area (Å²) in [6, 6.07) is 6.23. The van der Waals surface area contributed by atoms with Crippen molar-refractivity contribution in [2.75, 3.05) is 5.73 Å². The van der Waals surface area contributed by atoms with Crippen LogP contribution < -0.4 is 16.2 Å². The summed E-state index contributed by atoms with van der Waals surface area (Å²) in [7, 11) is 0. The highest BCUT2D eigenvalue weighted by Crippen LogP contribution is 2.36. The van der Waals surface area contributed by atoms with Crippen LogP contribution in [0.15, 0.2) is 18.2 Å². The van der Waals surface area contributed by atoms with Crippen molar-refractivity contribution >= 4 is 11.9 Å². The average Bonchev–Trinajstić information content (AvgIpc) is 2.49. The Hall–Kier alpha value is -2.63. The van der Waals surface area contributed by atoms with Crippen LogP contribution in [0.2, 0.25) is 0 Å². The molecule has 27 heavy (non-hydrogen) atoms. The lowest BCUT2D eigenvalue weighted by Crippen LogP contribution is -2.21. The fourth-order valence-electron chi connectivity index (χ4n) is 2.94. The topological polar surface area (TPSA) is 104 Å². The summed E-state index contributed by atoms with van der Waals surface area (Å²) in [6.45, 7) is 14.7. The molecule has 1 heterocycles. The Bertz CT molecular complexity index is 862. The van der Waals surface area contributed by atoms with E-state index in [0.29, 0.717) is 11.4 Å². The number of hydrogen-bond acceptors (Lipinski definition) is 5. The van der Waals surface area contributed by atoms with Gasteiger partial charge in [0.25, 0.3) is 5.91 Å². The van der Waals surface area contributed by atoms with E-state index in [1.165, 1.54) is 5.56 Å². The number of hydrogen-bond donors (Lipinski definition) is 2. The summed E-state index contributed by atoms with van der Waals surface area (Å²) in [5.74, 6) is 0.251. The maximum Gasteiger partial charge on any atom is 0.252 e. The van der Waals surface area contributed by atoms with Gasteiger partial charge >= 0.3 is 0 Å². The van der Waals surface area contributed by atoms with Crippen LogP contribution >= 0.6 is 0 Å². The van der Waals surface area contributed by atoms with Crippen molar-refractivity contribution in [1.29, 1.82) is 0 Å². The molecule has 2 rings (SSSR count). The van der Waals surface area contributed by atoms with E-state index in [2.05, 4.69) is 63.6 Å². The van der Waals surface area contributed by atoms with Crippen molar-refractivity contribution in [1.82, 2.24) is 9.97 Å². The second-order valence-corrected chi connectivity index (χ2v) is 8.85. The molecule has 1 aromatic carbocycles. The molecule has 0 aliphatic heterocycles. The van der Waals surface area contributed by atoms with Gasteiger partial charge < -0.3 is 16.2 Å². The first-order chi connectivity index (χ1) is 12.3. The van der Waals surface area contributed by atoms with Crippen LogP contribution in [0.5, 0.6) is 5.75 Å². The molecule has 4 N–H and O–H groups in total. The number of benzene rings is 1. The second-order valence-electron chi connectivity index (χ2n) is 8.85. The molecule has 0 aliphatic carbocycles. The summed E-state index contributed by atoms with van der Waals surface area (Å²) < 4.78 is 6.06. The molecule has 0 spiro atoms. The highest BCUT2D eigenvalue weighted by atomic mass is 16.5. The average molecular weight is 370 g/mol. The van der Waals surface area contributed by atoms with Gasteiger partial charge in [0.1, 0.15) is 12.4 Å². The molecule has 146 valence electrons. The van der Waals surface area contributed by atoms with Crippen molar-refractivity contribution < 1.29 is 9.53 Å². The van der Waals surface area contributed by atoms with E-state index < -0.39 is 5.91 Å². The third kappa shape index (κ3) is 4.76. The molecular formula is C21H30N4O2. The zero-order valence-corrected chi connectivity index (χ0v) is 17.3. The molecule has 1 aromatic heterocycles. The van der Waals surface area contributed by atoms with Crippen LogP contribution in [0.4, 0.5) is 5.95 Å². The van der Waals surface area contributed by atoms with Crippen molar-refractivity contribution in [3.05, 3.63) is 46.3 Å². The van der Waals surface area contributed by atoms with Crippen LogP contribution in [-0.2, 0) is 17.4 Å². The number of amides is 1. The van der Waals surface area contributed by atoms with Gasteiger partial charge in [0.2, 0.25) is 5.95 Å². The van der Waals surface area contributed by atoms with E-state index in [1.807, 2.05) is 6.07 Å². The molecule has 0 aliphatic rings. The number of rotatable bonds is 4. The highest BCUT2D eigenvalue weighted by molar-refractivity contribution is 5.95. The lowest BCUT2D eigenvalue weighted by atomic mass is 9.80. The second kappa shape index (κ2) is 7.18. The molecule has 6 heteroatoms. The molecule has 6 nitrogen and oxygen atoms in total. The number of nitrogen functional groups attached to an aromatic ring is 1. The maximum absolute atomic E-state index is 11.8. The highest BCUT2D eigenvalue weighted by Gasteiger charge is 2.24. The van der Waals surface area contributed by atoms with Gasteiger partial charge in [-0.15, -0.1) is 0 Å². The summed E-state index contributed by atoms with van der Waals surface area (Å²) in [5, 5.41) is 0. The molecule has 0 bridgehead atoms. The van der Waals surface area contributed by atoms with Gasteiger partial charge in [0.05, 0.1) is 17.0 Å². The normalized spacial score (nSPS) is 12.1. The summed E-state index contributed by atoms with van der Waals surface area (Å²) >= 11 is 0. The SMILES string of the molecule is Cc1nc(N)nc(COc2ccc(C(C)(C)C)cc2C(C)(C)C)c1C(N)=O. The van der Waals surface area contributed by atoms with E-state index in [4.69, 9.17) is 16.2 Å². The van der Waals surface area contributed by atoms with E-state index in [-0.39, 0.29) is 28.9 Å². The van der Waals surface area contributed by atoms with Crippen molar-refractivity contribution in [3.8, 4) is 5.75 Å². The van der Waals surface area contributed by atoms with Gasteiger partial charge in [-0.3, -0.25) is 4.79 Å². The standard InChI is InChI=1S/C21H30N4O2/c1-12-17(18(22)26)15(25-19(23)24-12)11-27-16-9-8-13(20(2,3)4)10-14(16)21(5,6)7/h8-10H,11H2,1-7H3,(H2,22,26)(H2,23,24,25). The first-order valence-electron chi connectivity index (χ1n) is 9.01. The molecule has 2 aromatic rings. The van der Waals surface area contributed by atoms with Crippen molar-refractivity contribution in [2.45, 2.75) is 65.9 Å². The van der Waals surface area contributed by atoms with E-state index >= 15 is 0 Å². The number of aryl methyl sites for hydroxylation is 1. The smallest absolute Gasteiger partial charge is 0.252 e. The van der Waals surface area contributed by atoms with Gasteiger partial charge in [-0.1, -0.05) is 53.7 Å². The number of primary amides is 1. The molecule has 1 amide bonds. The van der Waals surface area contributed by atoms with Gasteiger partial charge in [-0.25, -0.2) is 9.97 Å². The molecule has 0 unspecified atom stereocenters. The Morgan fingerprint density at radius 1 is 1.07 bits per heavy atom. The molecule has 0 radical (unpaired) electrons. The fourth-order valence-corrected chi connectivity index (χ4v) is 2.94. The lowest BCUT2D eigenvalue weighted by Gasteiger charge is -2.27. The van der Waals surface area contributed by atoms with Crippen LogP contribution in [0, 0.1) is 6.92 Å². The lowest BCUT2D eigenvalue weighted by molar-refractivity contribution is 0.0996. The van der Waals surface area contributed by atoms with E-state index in [0.717, 1.165) is 11.3 Å². The number of carbonyl (C=O) groups excluding carboxylic acids is 1. The number of anilines is 1. The van der Waals surface area contributed by atoms with Crippen molar-refractivity contribution in [2.24, 2.45) is 5.73 Å². The monoisotopic (exact) mass is 370 g/mol. The predicted octanol–water partition coefficient (Wildman–Crippen LogP) is 3.64. The molecule has 0 atom stereocenters. The number of ether oxygens (including phenoxy) is 1. The van der Waals surface area contributed by atoms with Crippen molar-refractivity contribution in [3.63, 3.8) is 0 Å². The van der Waals surface area contributed by atoms with E-state index in [9.17, 15) is 4.79 Å². The van der Waals surface area contributed by atoms with Gasteiger partial charge in [-0.05, 0) is 34.9 Å². The van der Waals surface area contributed by atoms with Gasteiger partial charge in [0.15, 0.2) is 0 Å². The summed E-state index contributed by atoms with van der Waals surface area (Å²) in [5.41, 5.74) is 14.6. The zero-order valence-electron chi connectivity index (χ0n) is 17.3. The minimum Gasteiger partial charge on any atom is -0.487 e. The maximum atomic E-state index is 11.8. The minimum atomic E-state index is -0.592. The quantitative estimate of drug-likeness (QED) is 0.855. The Morgan fingerprint density at radius 2 is 1.70 bits per heavy atom. The van der Waals surface area contributed by atoms with Crippen LogP contribution in [0.25, 0.3) is 0 Å². The molecule has 0 fully saturated rings. The molecule has 0 saturated heterocycles. The minimum absolute atomic E-state index is 0.0376. The Labute approximate surface area is 161 Å². The number of nitrogens with zero attached hydrogens (tertiary/aromatic N) is 2. The number of carbonyl (C=O) groups is 1. The number of aromatic nitrogens is 2. The molecule has 0 saturated carbocycles. The Morgan fingerprint density at radius 3 is 2.22 bits per heavy atom. The summed E-state index contributed by atoms with van der Waals surface area (Å²) in [4.78, 5) is 20.0.